The average molecular weight is 383 g/mol. The van der Waals surface area contributed by atoms with Gasteiger partial charge in [0.2, 0.25) is 10.0 Å². The van der Waals surface area contributed by atoms with Crippen LogP contribution < -0.4 is 4.72 Å². The molecule has 5 nitrogen and oxygen atoms in total. The Morgan fingerprint density at radius 1 is 0.963 bits per heavy atom. The van der Waals surface area contributed by atoms with Gasteiger partial charge in [-0.15, -0.1) is 0 Å². The second-order valence-corrected chi connectivity index (χ2v) is 8.20. The maximum absolute atomic E-state index is 12.8. The highest BCUT2D eigenvalue weighted by Crippen LogP contribution is 2.27. The molecule has 0 radical (unpaired) electrons. The molecule has 2 N–H and O–H groups in total. The number of nitrogens with one attached hydrogen (secondary N) is 1. The molecule has 1 unspecified atom stereocenters. The molecule has 0 bridgehead atoms. The van der Waals surface area contributed by atoms with E-state index in [1.54, 1.807) is 43.3 Å². The lowest BCUT2D eigenvalue weighted by molar-refractivity contribution is -0.144. The predicted molar refractivity (Wildman–Crippen MR) is 106 cm³/mol. The van der Waals surface area contributed by atoms with Crippen molar-refractivity contribution >= 4 is 26.8 Å². The van der Waals surface area contributed by atoms with E-state index in [1.165, 1.54) is 0 Å². The Morgan fingerprint density at radius 2 is 1.59 bits per heavy atom. The monoisotopic (exact) mass is 383 g/mol. The van der Waals surface area contributed by atoms with Crippen molar-refractivity contribution in [1.82, 2.24) is 4.72 Å². The molecule has 0 heterocycles. The van der Waals surface area contributed by atoms with Gasteiger partial charge in [-0.1, -0.05) is 79.7 Å². The number of carbonyl (C=O) groups is 1. The SMILES string of the molecule is CCC(NS(=O)(=O)Cc1ccc2ccccc2c1)(C(=O)O)c1ccccc1. The van der Waals surface area contributed by atoms with Crippen LogP contribution in [0, 0.1) is 0 Å². The third-order valence-electron chi connectivity index (χ3n) is 4.66. The fourth-order valence-corrected chi connectivity index (χ4v) is 4.80. The van der Waals surface area contributed by atoms with E-state index in [2.05, 4.69) is 4.72 Å². The number of hydrogen-bond acceptors (Lipinski definition) is 3. The molecular formula is C21H21NO4S. The van der Waals surface area contributed by atoms with Gasteiger partial charge in [0.15, 0.2) is 5.54 Å². The van der Waals surface area contributed by atoms with Gasteiger partial charge in [-0.25, -0.2) is 13.2 Å². The van der Waals surface area contributed by atoms with Gasteiger partial charge in [0.05, 0.1) is 5.75 Å². The van der Waals surface area contributed by atoms with Crippen LogP contribution in [-0.4, -0.2) is 19.5 Å². The fourth-order valence-electron chi connectivity index (χ4n) is 3.23. The second kappa shape index (κ2) is 7.50. The first-order valence-corrected chi connectivity index (χ1v) is 10.3. The zero-order valence-electron chi connectivity index (χ0n) is 14.9. The van der Waals surface area contributed by atoms with Crippen LogP contribution in [0.1, 0.15) is 24.5 Å². The molecule has 0 fully saturated rings. The van der Waals surface area contributed by atoms with E-state index in [0.717, 1.165) is 10.8 Å². The molecule has 140 valence electrons. The van der Waals surface area contributed by atoms with Crippen molar-refractivity contribution in [2.45, 2.75) is 24.6 Å². The highest BCUT2D eigenvalue weighted by Gasteiger charge is 2.42. The average Bonchev–Trinajstić information content (AvgIpc) is 2.66. The summed E-state index contributed by atoms with van der Waals surface area (Å²) in [7, 11) is -3.90. The van der Waals surface area contributed by atoms with Crippen LogP contribution in [0.4, 0.5) is 0 Å². The van der Waals surface area contributed by atoms with Crippen LogP contribution in [0.25, 0.3) is 10.8 Å². The molecule has 3 aromatic carbocycles. The van der Waals surface area contributed by atoms with E-state index in [4.69, 9.17) is 0 Å². The zero-order chi connectivity index (χ0) is 19.5. The van der Waals surface area contributed by atoms with Gasteiger partial charge < -0.3 is 5.11 Å². The van der Waals surface area contributed by atoms with Gasteiger partial charge in [-0.05, 0) is 28.3 Å². The molecule has 0 aliphatic rings. The number of hydrogen-bond donors (Lipinski definition) is 2. The van der Waals surface area contributed by atoms with Crippen LogP contribution in [0.3, 0.4) is 0 Å². The van der Waals surface area contributed by atoms with E-state index in [1.807, 2.05) is 36.4 Å². The molecule has 3 rings (SSSR count). The van der Waals surface area contributed by atoms with Crippen LogP contribution in [0.15, 0.2) is 72.8 Å². The molecule has 0 saturated carbocycles. The van der Waals surface area contributed by atoms with Crippen LogP contribution in [0.5, 0.6) is 0 Å². The summed E-state index contributed by atoms with van der Waals surface area (Å²) < 4.78 is 28.1. The van der Waals surface area contributed by atoms with Gasteiger partial charge >= 0.3 is 5.97 Å². The van der Waals surface area contributed by atoms with Crippen molar-refractivity contribution in [3.8, 4) is 0 Å². The number of aliphatic carboxylic acids is 1. The predicted octanol–water partition coefficient (Wildman–Crippen LogP) is 3.65. The minimum absolute atomic E-state index is 0.0866. The standard InChI is InChI=1S/C21H21NO4S/c1-2-21(20(23)24,19-10-4-3-5-11-19)22-27(25,26)15-16-12-13-17-8-6-7-9-18(17)14-16/h3-14,22H,2,15H2,1H3,(H,23,24). The van der Waals surface area contributed by atoms with Crippen molar-refractivity contribution < 1.29 is 18.3 Å². The lowest BCUT2D eigenvalue weighted by Crippen LogP contribution is -2.51. The fraction of sp³-hybridized carbons (Fsp3) is 0.190. The minimum Gasteiger partial charge on any atom is -0.480 e. The topological polar surface area (TPSA) is 83.5 Å². The summed E-state index contributed by atoms with van der Waals surface area (Å²) in [4.78, 5) is 12.0. The third-order valence-corrected chi connectivity index (χ3v) is 6.04. The Balaban J connectivity index is 1.93. The van der Waals surface area contributed by atoms with Crippen LogP contribution in [0.2, 0.25) is 0 Å². The van der Waals surface area contributed by atoms with Crippen molar-refractivity contribution in [1.29, 1.82) is 0 Å². The summed E-state index contributed by atoms with van der Waals surface area (Å²) in [5.41, 5.74) is -0.691. The normalized spacial score (nSPS) is 14.0. The molecule has 0 aromatic heterocycles. The summed E-state index contributed by atoms with van der Waals surface area (Å²) >= 11 is 0. The number of carboxylic acid groups (broad SMARTS) is 1. The van der Waals surface area contributed by atoms with E-state index < -0.39 is 21.5 Å². The maximum atomic E-state index is 12.8. The zero-order valence-corrected chi connectivity index (χ0v) is 15.7. The summed E-state index contributed by atoms with van der Waals surface area (Å²) in [6, 6.07) is 21.5. The Hall–Kier alpha value is -2.70. The van der Waals surface area contributed by atoms with Gasteiger partial charge in [-0.2, -0.15) is 4.72 Å². The molecule has 1 atom stereocenters. The summed E-state index contributed by atoms with van der Waals surface area (Å²) in [6.07, 6.45) is 0.0866. The second-order valence-electron chi connectivity index (χ2n) is 6.47. The van der Waals surface area contributed by atoms with E-state index >= 15 is 0 Å². The number of carboxylic acids is 1. The lowest BCUT2D eigenvalue weighted by atomic mass is 9.88. The molecule has 0 aliphatic heterocycles. The minimum atomic E-state index is -3.90. The van der Waals surface area contributed by atoms with Gasteiger partial charge in [0, 0.05) is 0 Å². The van der Waals surface area contributed by atoms with E-state index in [-0.39, 0.29) is 12.2 Å². The van der Waals surface area contributed by atoms with Gasteiger partial charge in [0.25, 0.3) is 0 Å². The van der Waals surface area contributed by atoms with Crippen molar-refractivity contribution in [3.05, 3.63) is 83.9 Å². The molecule has 0 saturated heterocycles. The largest absolute Gasteiger partial charge is 0.480 e. The number of sulfonamides is 1. The highest BCUT2D eigenvalue weighted by molar-refractivity contribution is 7.88. The maximum Gasteiger partial charge on any atom is 0.329 e. The number of fused-ring (bicyclic) bond motifs is 1. The van der Waals surface area contributed by atoms with Crippen LogP contribution >= 0.6 is 0 Å². The first-order chi connectivity index (χ1) is 12.9. The van der Waals surface area contributed by atoms with Crippen molar-refractivity contribution in [2.75, 3.05) is 0 Å². The van der Waals surface area contributed by atoms with E-state index in [0.29, 0.717) is 11.1 Å². The first kappa shape index (κ1) is 19.1. The highest BCUT2D eigenvalue weighted by atomic mass is 32.2. The van der Waals surface area contributed by atoms with Crippen molar-refractivity contribution in [3.63, 3.8) is 0 Å². The molecule has 6 heteroatoms. The molecular weight excluding hydrogens is 362 g/mol. The number of benzene rings is 3. The molecule has 0 amide bonds. The van der Waals surface area contributed by atoms with Gasteiger partial charge in [0.1, 0.15) is 0 Å². The quantitative estimate of drug-likeness (QED) is 0.652. The Bertz CT molecular complexity index is 1060. The Morgan fingerprint density at radius 3 is 2.22 bits per heavy atom. The van der Waals surface area contributed by atoms with E-state index in [9.17, 15) is 18.3 Å². The van der Waals surface area contributed by atoms with Crippen LogP contribution in [-0.2, 0) is 26.1 Å². The van der Waals surface area contributed by atoms with Gasteiger partial charge in [-0.3, -0.25) is 0 Å². The number of rotatable bonds is 7. The molecule has 0 aliphatic carbocycles. The Kier molecular flexibility index (Phi) is 5.30. The first-order valence-electron chi connectivity index (χ1n) is 8.64. The molecule has 0 spiro atoms. The smallest absolute Gasteiger partial charge is 0.329 e. The third kappa shape index (κ3) is 4.02. The summed E-state index contributed by atoms with van der Waals surface area (Å²) in [6.45, 7) is 1.65. The Labute approximate surface area is 158 Å². The van der Waals surface area contributed by atoms with Crippen molar-refractivity contribution in [2.24, 2.45) is 0 Å². The summed E-state index contributed by atoms with van der Waals surface area (Å²) in [5, 5.41) is 11.8. The summed E-state index contributed by atoms with van der Waals surface area (Å²) in [5.74, 6) is -1.52. The lowest BCUT2D eigenvalue weighted by Gasteiger charge is -2.29. The molecule has 27 heavy (non-hydrogen) atoms. The molecule has 3 aromatic rings.